The van der Waals surface area contributed by atoms with Crippen LogP contribution in [0.4, 0.5) is 0 Å². The third-order valence-corrected chi connectivity index (χ3v) is 1.54. The van der Waals surface area contributed by atoms with Crippen LogP contribution in [0.3, 0.4) is 0 Å². The van der Waals surface area contributed by atoms with E-state index in [-0.39, 0.29) is 0 Å². The third kappa shape index (κ3) is 4.43. The molecule has 2 nitrogen and oxygen atoms in total. The molecule has 0 rings (SSSR count). The van der Waals surface area contributed by atoms with Gasteiger partial charge in [-0.3, -0.25) is 0 Å². The topological polar surface area (TPSA) is 24.1 Å². The first-order valence-corrected chi connectivity index (χ1v) is 3.73. The van der Waals surface area contributed by atoms with E-state index in [4.69, 9.17) is 0 Å². The van der Waals surface area contributed by atoms with Crippen molar-refractivity contribution in [1.29, 1.82) is 0 Å². The SMILES string of the molecule is CCNCC(CC)NC. The van der Waals surface area contributed by atoms with Crippen LogP contribution >= 0.6 is 0 Å². The molecule has 0 aliphatic heterocycles. The van der Waals surface area contributed by atoms with Gasteiger partial charge in [0.15, 0.2) is 0 Å². The number of hydrogen-bond donors (Lipinski definition) is 2. The Morgan fingerprint density at radius 1 is 1.33 bits per heavy atom. The van der Waals surface area contributed by atoms with Gasteiger partial charge in [0.1, 0.15) is 0 Å². The number of rotatable bonds is 5. The predicted molar refractivity (Wildman–Crippen MR) is 41.7 cm³/mol. The Hall–Kier alpha value is -0.0800. The minimum Gasteiger partial charge on any atom is -0.316 e. The van der Waals surface area contributed by atoms with E-state index in [1.54, 1.807) is 0 Å². The maximum Gasteiger partial charge on any atom is 0.0186 e. The molecule has 2 heteroatoms. The van der Waals surface area contributed by atoms with E-state index in [9.17, 15) is 0 Å². The van der Waals surface area contributed by atoms with Crippen LogP contribution in [0.25, 0.3) is 0 Å². The first kappa shape index (κ1) is 8.92. The van der Waals surface area contributed by atoms with Crippen molar-refractivity contribution in [2.45, 2.75) is 26.3 Å². The summed E-state index contributed by atoms with van der Waals surface area (Å²) in [4.78, 5) is 0. The summed E-state index contributed by atoms with van der Waals surface area (Å²) < 4.78 is 0. The Morgan fingerprint density at radius 3 is 2.33 bits per heavy atom. The highest BCUT2D eigenvalue weighted by molar-refractivity contribution is 4.63. The summed E-state index contributed by atoms with van der Waals surface area (Å²) in [6, 6.07) is 0.643. The lowest BCUT2D eigenvalue weighted by Gasteiger charge is -2.12. The fourth-order valence-corrected chi connectivity index (χ4v) is 0.769. The highest BCUT2D eigenvalue weighted by Crippen LogP contribution is 1.85. The number of likely N-dealkylation sites (N-methyl/N-ethyl adjacent to an activating group) is 2. The molecule has 2 N–H and O–H groups in total. The molecule has 0 saturated heterocycles. The van der Waals surface area contributed by atoms with Gasteiger partial charge >= 0.3 is 0 Å². The molecule has 0 bridgehead atoms. The van der Waals surface area contributed by atoms with Crippen LogP contribution in [0.1, 0.15) is 20.3 Å². The lowest BCUT2D eigenvalue weighted by molar-refractivity contribution is 0.504. The molecular formula is C7H18N2. The fourth-order valence-electron chi connectivity index (χ4n) is 0.769. The molecule has 0 aromatic heterocycles. The molecule has 9 heavy (non-hydrogen) atoms. The Labute approximate surface area is 58.0 Å². The van der Waals surface area contributed by atoms with Crippen LogP contribution in [0.5, 0.6) is 0 Å². The summed E-state index contributed by atoms with van der Waals surface area (Å²) in [5, 5.41) is 6.51. The zero-order valence-corrected chi connectivity index (χ0v) is 6.70. The summed E-state index contributed by atoms with van der Waals surface area (Å²) in [5.74, 6) is 0. The lowest BCUT2D eigenvalue weighted by Crippen LogP contribution is -2.35. The van der Waals surface area contributed by atoms with Gasteiger partial charge in [-0.1, -0.05) is 13.8 Å². The van der Waals surface area contributed by atoms with Crippen LogP contribution in [-0.2, 0) is 0 Å². The average Bonchev–Trinajstić information content (AvgIpc) is 1.91. The minimum absolute atomic E-state index is 0.643. The highest BCUT2D eigenvalue weighted by atomic mass is 15.0. The van der Waals surface area contributed by atoms with Gasteiger partial charge in [0, 0.05) is 12.6 Å². The molecule has 0 spiro atoms. The Balaban J connectivity index is 3.09. The van der Waals surface area contributed by atoms with Gasteiger partial charge in [0.05, 0.1) is 0 Å². The van der Waals surface area contributed by atoms with Crippen molar-refractivity contribution in [3.05, 3.63) is 0 Å². The summed E-state index contributed by atoms with van der Waals surface area (Å²) >= 11 is 0. The van der Waals surface area contributed by atoms with Gasteiger partial charge in [0.2, 0.25) is 0 Å². The van der Waals surface area contributed by atoms with Gasteiger partial charge in [-0.05, 0) is 20.0 Å². The third-order valence-electron chi connectivity index (χ3n) is 1.54. The average molecular weight is 130 g/mol. The monoisotopic (exact) mass is 130 g/mol. The molecule has 0 aromatic carbocycles. The van der Waals surface area contributed by atoms with Crippen LogP contribution in [-0.4, -0.2) is 26.2 Å². The zero-order chi connectivity index (χ0) is 7.11. The molecule has 56 valence electrons. The van der Waals surface area contributed by atoms with Crippen LogP contribution in [0.15, 0.2) is 0 Å². The Kier molecular flexibility index (Phi) is 5.99. The van der Waals surface area contributed by atoms with E-state index in [0.717, 1.165) is 13.1 Å². The zero-order valence-electron chi connectivity index (χ0n) is 6.70. The normalized spacial score (nSPS) is 13.7. The van der Waals surface area contributed by atoms with Crippen molar-refractivity contribution in [1.82, 2.24) is 10.6 Å². The molecule has 0 saturated carbocycles. The maximum atomic E-state index is 3.29. The maximum absolute atomic E-state index is 3.29. The molecule has 0 aromatic rings. The Morgan fingerprint density at radius 2 is 2.00 bits per heavy atom. The second kappa shape index (κ2) is 6.05. The van der Waals surface area contributed by atoms with E-state index in [0.29, 0.717) is 6.04 Å². The standard InChI is InChI=1S/C7H18N2/c1-4-7(8-3)6-9-5-2/h7-9H,4-6H2,1-3H3. The lowest BCUT2D eigenvalue weighted by atomic mass is 10.2. The first-order chi connectivity index (χ1) is 4.35. The van der Waals surface area contributed by atoms with Crippen molar-refractivity contribution >= 4 is 0 Å². The minimum atomic E-state index is 0.643. The smallest absolute Gasteiger partial charge is 0.0186 e. The molecule has 0 heterocycles. The molecule has 1 atom stereocenters. The van der Waals surface area contributed by atoms with Gasteiger partial charge in [-0.15, -0.1) is 0 Å². The van der Waals surface area contributed by atoms with Crippen molar-refractivity contribution in [2.75, 3.05) is 20.1 Å². The highest BCUT2D eigenvalue weighted by Gasteiger charge is 1.98. The molecule has 0 radical (unpaired) electrons. The van der Waals surface area contributed by atoms with Gasteiger partial charge in [-0.25, -0.2) is 0 Å². The molecule has 1 unspecified atom stereocenters. The second-order valence-electron chi connectivity index (χ2n) is 2.20. The van der Waals surface area contributed by atoms with Crippen molar-refractivity contribution in [3.8, 4) is 0 Å². The summed E-state index contributed by atoms with van der Waals surface area (Å²) in [6.45, 7) is 6.47. The molecule has 0 aliphatic rings. The summed E-state index contributed by atoms with van der Waals surface area (Å²) in [6.07, 6.45) is 1.20. The van der Waals surface area contributed by atoms with Crippen LogP contribution in [0, 0.1) is 0 Å². The summed E-state index contributed by atoms with van der Waals surface area (Å²) in [7, 11) is 2.01. The number of nitrogens with one attached hydrogen (secondary N) is 2. The van der Waals surface area contributed by atoms with Gasteiger partial charge < -0.3 is 10.6 Å². The van der Waals surface area contributed by atoms with Crippen molar-refractivity contribution in [2.24, 2.45) is 0 Å². The number of hydrogen-bond acceptors (Lipinski definition) is 2. The fraction of sp³-hybridized carbons (Fsp3) is 1.00. The van der Waals surface area contributed by atoms with E-state index in [2.05, 4.69) is 24.5 Å². The van der Waals surface area contributed by atoms with Crippen molar-refractivity contribution in [3.63, 3.8) is 0 Å². The van der Waals surface area contributed by atoms with E-state index in [1.807, 2.05) is 7.05 Å². The van der Waals surface area contributed by atoms with E-state index < -0.39 is 0 Å². The molecule has 0 fully saturated rings. The molecule has 0 aliphatic carbocycles. The molecular weight excluding hydrogens is 112 g/mol. The molecule has 0 amide bonds. The second-order valence-corrected chi connectivity index (χ2v) is 2.20. The largest absolute Gasteiger partial charge is 0.316 e. The van der Waals surface area contributed by atoms with Gasteiger partial charge in [-0.2, -0.15) is 0 Å². The summed E-state index contributed by atoms with van der Waals surface area (Å²) in [5.41, 5.74) is 0. The van der Waals surface area contributed by atoms with Crippen LogP contribution < -0.4 is 10.6 Å². The van der Waals surface area contributed by atoms with Crippen LogP contribution in [0.2, 0.25) is 0 Å². The van der Waals surface area contributed by atoms with Gasteiger partial charge in [0.25, 0.3) is 0 Å². The Bertz CT molecular complexity index is 50.9. The predicted octanol–water partition coefficient (Wildman–Crippen LogP) is 0.594. The first-order valence-electron chi connectivity index (χ1n) is 3.73. The van der Waals surface area contributed by atoms with E-state index in [1.165, 1.54) is 6.42 Å². The quantitative estimate of drug-likeness (QED) is 0.569. The van der Waals surface area contributed by atoms with E-state index >= 15 is 0 Å². The van der Waals surface area contributed by atoms with Crippen molar-refractivity contribution < 1.29 is 0 Å².